The molecular weight excluding hydrogens is 204 g/mol. The van der Waals surface area contributed by atoms with Gasteiger partial charge in [-0.3, -0.25) is 4.99 Å². The molecule has 2 nitrogen and oxygen atoms in total. The fourth-order valence-electron chi connectivity index (χ4n) is 1.62. The third kappa shape index (κ3) is 2.48. The lowest BCUT2D eigenvalue weighted by Gasteiger charge is -2.22. The average molecular weight is 220 g/mol. The maximum absolute atomic E-state index is 4.50. The van der Waals surface area contributed by atoms with E-state index >= 15 is 0 Å². The van der Waals surface area contributed by atoms with Crippen LogP contribution in [-0.4, -0.2) is 30.9 Å². The first-order chi connectivity index (χ1) is 7.27. The molecule has 80 valence electrons. The first-order valence-corrected chi connectivity index (χ1v) is 6.13. The van der Waals surface area contributed by atoms with Gasteiger partial charge in [0.1, 0.15) is 5.84 Å². The third-order valence-corrected chi connectivity index (χ3v) is 3.59. The van der Waals surface area contributed by atoms with Crippen LogP contribution in [0, 0.1) is 6.92 Å². The Balaban J connectivity index is 2.11. The fraction of sp³-hybridized carbons (Fsp3) is 0.417. The Labute approximate surface area is 95.0 Å². The van der Waals surface area contributed by atoms with Crippen molar-refractivity contribution in [2.75, 3.05) is 20.1 Å². The van der Waals surface area contributed by atoms with Gasteiger partial charge in [0.15, 0.2) is 0 Å². The molecule has 0 atom stereocenters. The summed E-state index contributed by atoms with van der Waals surface area (Å²) >= 11 is 1.78. The van der Waals surface area contributed by atoms with Gasteiger partial charge in [-0.15, -0.1) is 11.3 Å². The van der Waals surface area contributed by atoms with Crippen LogP contribution in [-0.2, 0) is 0 Å². The highest BCUT2D eigenvalue weighted by Crippen LogP contribution is 2.17. The van der Waals surface area contributed by atoms with Crippen molar-refractivity contribution < 1.29 is 0 Å². The number of rotatable bonds is 2. The molecule has 0 amide bonds. The summed E-state index contributed by atoms with van der Waals surface area (Å²) in [7, 11) is 2.10. The third-order valence-electron chi connectivity index (χ3n) is 2.60. The standard InChI is InChI=1S/C12H16N2S/c1-10-6-9-15-11(10)4-5-12-13-7-3-8-14(12)2/h4-6,9H,3,7-8H2,1-2H3. The van der Waals surface area contributed by atoms with Crippen molar-refractivity contribution in [3.8, 4) is 0 Å². The molecule has 15 heavy (non-hydrogen) atoms. The van der Waals surface area contributed by atoms with Crippen LogP contribution >= 0.6 is 11.3 Å². The van der Waals surface area contributed by atoms with Crippen molar-refractivity contribution in [1.29, 1.82) is 0 Å². The van der Waals surface area contributed by atoms with Gasteiger partial charge < -0.3 is 4.90 Å². The van der Waals surface area contributed by atoms with Crippen LogP contribution in [0.5, 0.6) is 0 Å². The zero-order chi connectivity index (χ0) is 10.7. The van der Waals surface area contributed by atoms with Crippen molar-refractivity contribution in [2.24, 2.45) is 4.99 Å². The predicted molar refractivity (Wildman–Crippen MR) is 67.6 cm³/mol. The molecule has 0 radical (unpaired) electrons. The molecule has 0 N–H and O–H groups in total. The van der Waals surface area contributed by atoms with Gasteiger partial charge in [0.25, 0.3) is 0 Å². The predicted octanol–water partition coefficient (Wildman–Crippen LogP) is 2.80. The topological polar surface area (TPSA) is 15.6 Å². The summed E-state index contributed by atoms with van der Waals surface area (Å²) in [5.74, 6) is 1.11. The van der Waals surface area contributed by atoms with Gasteiger partial charge in [-0.05, 0) is 42.5 Å². The molecule has 1 aliphatic heterocycles. The van der Waals surface area contributed by atoms with Crippen molar-refractivity contribution in [2.45, 2.75) is 13.3 Å². The maximum atomic E-state index is 4.50. The summed E-state index contributed by atoms with van der Waals surface area (Å²) in [6.45, 7) is 4.22. The molecule has 1 aromatic rings. The summed E-state index contributed by atoms with van der Waals surface area (Å²) < 4.78 is 0. The van der Waals surface area contributed by atoms with Crippen molar-refractivity contribution in [3.63, 3.8) is 0 Å². The van der Waals surface area contributed by atoms with Gasteiger partial charge in [0.05, 0.1) is 0 Å². The largest absolute Gasteiger partial charge is 0.360 e. The molecule has 0 unspecified atom stereocenters. The Hall–Kier alpha value is -1.09. The molecule has 0 saturated carbocycles. The van der Waals surface area contributed by atoms with Gasteiger partial charge in [-0.2, -0.15) is 0 Å². The Morgan fingerprint density at radius 1 is 1.47 bits per heavy atom. The lowest BCUT2D eigenvalue weighted by molar-refractivity contribution is 0.470. The number of hydrogen-bond donors (Lipinski definition) is 0. The van der Waals surface area contributed by atoms with Crippen LogP contribution < -0.4 is 0 Å². The highest BCUT2D eigenvalue weighted by Gasteiger charge is 2.07. The van der Waals surface area contributed by atoms with Crippen LogP contribution in [0.4, 0.5) is 0 Å². The van der Waals surface area contributed by atoms with Gasteiger partial charge in [-0.1, -0.05) is 0 Å². The van der Waals surface area contributed by atoms with Crippen molar-refractivity contribution in [3.05, 3.63) is 28.0 Å². The van der Waals surface area contributed by atoms with Gasteiger partial charge in [-0.25, -0.2) is 0 Å². The fourth-order valence-corrected chi connectivity index (χ4v) is 2.44. The van der Waals surface area contributed by atoms with Crippen LogP contribution in [0.15, 0.2) is 22.5 Å². The monoisotopic (exact) mass is 220 g/mol. The number of hydrogen-bond acceptors (Lipinski definition) is 3. The summed E-state index contributed by atoms with van der Waals surface area (Å²) in [5.41, 5.74) is 1.34. The van der Waals surface area contributed by atoms with E-state index in [2.05, 4.69) is 47.5 Å². The lowest BCUT2D eigenvalue weighted by Crippen LogP contribution is -2.30. The number of amidine groups is 1. The second-order valence-electron chi connectivity index (χ2n) is 3.82. The smallest absolute Gasteiger partial charge is 0.123 e. The molecule has 0 fully saturated rings. The van der Waals surface area contributed by atoms with Gasteiger partial charge in [0, 0.05) is 25.0 Å². The van der Waals surface area contributed by atoms with Crippen molar-refractivity contribution in [1.82, 2.24) is 4.90 Å². The van der Waals surface area contributed by atoms with Crippen LogP contribution in [0.1, 0.15) is 16.9 Å². The summed E-state index contributed by atoms with van der Waals surface area (Å²) in [4.78, 5) is 8.04. The molecule has 1 aliphatic rings. The Morgan fingerprint density at radius 3 is 3.00 bits per heavy atom. The average Bonchev–Trinajstić information content (AvgIpc) is 2.63. The molecule has 0 bridgehead atoms. The number of nitrogens with zero attached hydrogens (tertiary/aromatic N) is 2. The molecule has 0 aromatic carbocycles. The van der Waals surface area contributed by atoms with Crippen LogP contribution in [0.3, 0.4) is 0 Å². The van der Waals surface area contributed by atoms with E-state index in [-0.39, 0.29) is 0 Å². The molecule has 0 aliphatic carbocycles. The summed E-state index contributed by atoms with van der Waals surface area (Å²) in [6, 6.07) is 2.15. The van der Waals surface area contributed by atoms with Gasteiger partial charge in [0.2, 0.25) is 0 Å². The first-order valence-electron chi connectivity index (χ1n) is 5.25. The van der Waals surface area contributed by atoms with E-state index in [0.717, 1.165) is 18.9 Å². The molecular formula is C12H16N2S. The first kappa shape index (κ1) is 10.4. The molecule has 2 heterocycles. The number of likely N-dealkylation sites (N-methyl/N-ethyl adjacent to an activating group) is 1. The maximum Gasteiger partial charge on any atom is 0.123 e. The zero-order valence-corrected chi connectivity index (χ0v) is 10.0. The molecule has 2 rings (SSSR count). The van der Waals surface area contributed by atoms with E-state index in [1.54, 1.807) is 11.3 Å². The molecule has 1 aromatic heterocycles. The quantitative estimate of drug-likeness (QED) is 0.748. The second kappa shape index (κ2) is 4.62. The normalized spacial score (nSPS) is 17.2. The lowest BCUT2D eigenvalue weighted by atomic mass is 10.2. The molecule has 3 heteroatoms. The van der Waals surface area contributed by atoms with E-state index in [9.17, 15) is 0 Å². The van der Waals surface area contributed by atoms with E-state index in [0.29, 0.717) is 0 Å². The molecule has 0 saturated heterocycles. The zero-order valence-electron chi connectivity index (χ0n) is 9.23. The summed E-state index contributed by atoms with van der Waals surface area (Å²) in [6.07, 6.45) is 5.46. The Bertz CT molecular complexity index is 390. The minimum Gasteiger partial charge on any atom is -0.360 e. The van der Waals surface area contributed by atoms with Gasteiger partial charge >= 0.3 is 0 Å². The van der Waals surface area contributed by atoms with E-state index in [1.165, 1.54) is 16.9 Å². The number of thiophene rings is 1. The van der Waals surface area contributed by atoms with E-state index in [1.807, 2.05) is 0 Å². The SMILES string of the molecule is Cc1ccsc1C=CC1=NCCCN1C. The molecule has 0 spiro atoms. The second-order valence-corrected chi connectivity index (χ2v) is 4.76. The van der Waals surface area contributed by atoms with Crippen molar-refractivity contribution >= 4 is 23.2 Å². The minimum atomic E-state index is 0.966. The van der Waals surface area contributed by atoms with E-state index in [4.69, 9.17) is 0 Å². The number of aryl methyl sites for hydroxylation is 1. The van der Waals surface area contributed by atoms with E-state index < -0.39 is 0 Å². The number of aliphatic imine (C=N–C) groups is 1. The van der Waals surface area contributed by atoms with Crippen LogP contribution in [0.2, 0.25) is 0 Å². The minimum absolute atomic E-state index is 0.966. The summed E-state index contributed by atoms with van der Waals surface area (Å²) in [5, 5.41) is 2.13. The van der Waals surface area contributed by atoms with Crippen LogP contribution in [0.25, 0.3) is 6.08 Å². The highest BCUT2D eigenvalue weighted by molar-refractivity contribution is 7.11. The Kier molecular flexibility index (Phi) is 3.21. The highest BCUT2D eigenvalue weighted by atomic mass is 32.1. The Morgan fingerprint density at radius 2 is 2.33 bits per heavy atom.